The van der Waals surface area contributed by atoms with Crippen molar-refractivity contribution in [2.75, 3.05) is 26.2 Å². The first kappa shape index (κ1) is 23.0. The second kappa shape index (κ2) is 9.83. The summed E-state index contributed by atoms with van der Waals surface area (Å²) in [6.45, 7) is 3.57. The van der Waals surface area contributed by atoms with E-state index < -0.39 is 10.7 Å². The Hall–Kier alpha value is -3.79. The van der Waals surface area contributed by atoms with E-state index in [0.717, 1.165) is 24.0 Å². The Bertz CT molecular complexity index is 1240. The van der Waals surface area contributed by atoms with Gasteiger partial charge in [0.05, 0.1) is 5.56 Å². The van der Waals surface area contributed by atoms with Crippen molar-refractivity contribution in [2.45, 2.75) is 25.9 Å². The second-order valence-corrected chi connectivity index (χ2v) is 9.00. The van der Waals surface area contributed by atoms with Crippen LogP contribution in [0, 0.1) is 21.8 Å². The SMILES string of the molecule is O=C(NCC1CC1)c1ccc(-c2ccc(CN3CCOc4nc([N+](=O)[O-])cn4CC3)cc2)cc1F. The van der Waals surface area contributed by atoms with E-state index in [1.165, 1.54) is 18.3 Å². The molecule has 2 aliphatic rings. The Morgan fingerprint density at radius 2 is 1.91 bits per heavy atom. The molecule has 3 aromatic rings. The van der Waals surface area contributed by atoms with Crippen LogP contribution in [-0.4, -0.2) is 51.5 Å². The number of carbonyl (C=O) groups is 1. The van der Waals surface area contributed by atoms with Gasteiger partial charge in [-0.15, -0.1) is 0 Å². The Morgan fingerprint density at radius 1 is 1.14 bits per heavy atom. The molecule has 10 heteroatoms. The number of nitrogens with one attached hydrogen (secondary N) is 1. The van der Waals surface area contributed by atoms with Gasteiger partial charge in [0.1, 0.15) is 18.6 Å². The fourth-order valence-electron chi connectivity index (χ4n) is 4.13. The quantitative estimate of drug-likeness (QED) is 0.410. The summed E-state index contributed by atoms with van der Waals surface area (Å²) in [5, 5.41) is 13.8. The topological polar surface area (TPSA) is 103 Å². The van der Waals surface area contributed by atoms with Crippen molar-refractivity contribution in [3.63, 3.8) is 0 Å². The number of ether oxygens (including phenoxy) is 1. The molecule has 1 aliphatic carbocycles. The van der Waals surface area contributed by atoms with Crippen molar-refractivity contribution in [3.05, 3.63) is 75.7 Å². The Kier molecular flexibility index (Phi) is 6.45. The van der Waals surface area contributed by atoms with Crippen LogP contribution in [0.25, 0.3) is 11.1 Å². The smallest absolute Gasteiger partial charge is 0.414 e. The largest absolute Gasteiger partial charge is 0.444 e. The van der Waals surface area contributed by atoms with Crippen molar-refractivity contribution in [1.29, 1.82) is 0 Å². The van der Waals surface area contributed by atoms with Gasteiger partial charge in [0.25, 0.3) is 5.91 Å². The van der Waals surface area contributed by atoms with Gasteiger partial charge in [-0.3, -0.25) is 14.3 Å². The highest BCUT2D eigenvalue weighted by Gasteiger charge is 2.24. The van der Waals surface area contributed by atoms with Gasteiger partial charge in [-0.2, -0.15) is 0 Å². The van der Waals surface area contributed by atoms with Crippen LogP contribution in [-0.2, 0) is 13.1 Å². The minimum atomic E-state index is -0.528. The van der Waals surface area contributed by atoms with E-state index in [9.17, 15) is 19.3 Å². The van der Waals surface area contributed by atoms with E-state index in [1.54, 1.807) is 10.6 Å². The van der Waals surface area contributed by atoms with Crippen LogP contribution in [0.4, 0.5) is 10.2 Å². The standard InChI is InChI=1S/C25H26FN5O4/c26-22-13-20(7-8-21(22)24(32)27-14-17-1-2-17)19-5-3-18(4-6-19)15-29-9-10-30-16-23(31(33)34)28-25(30)35-12-11-29/h3-8,13,16-17H,1-2,9-12,14-15H2,(H,27,32). The minimum Gasteiger partial charge on any atom is -0.444 e. The number of nitrogens with zero attached hydrogens (tertiary/aromatic N) is 4. The lowest BCUT2D eigenvalue weighted by Crippen LogP contribution is -2.33. The van der Waals surface area contributed by atoms with E-state index in [2.05, 4.69) is 15.2 Å². The number of fused-ring (bicyclic) bond motifs is 1. The summed E-state index contributed by atoms with van der Waals surface area (Å²) in [6.07, 6.45) is 3.65. The van der Waals surface area contributed by atoms with Gasteiger partial charge in [-0.1, -0.05) is 30.3 Å². The van der Waals surface area contributed by atoms with Gasteiger partial charge in [-0.05, 0) is 52.5 Å². The Morgan fingerprint density at radius 3 is 2.63 bits per heavy atom. The summed E-state index contributed by atoms with van der Waals surface area (Å²) in [6, 6.07) is 12.9. The third-order valence-electron chi connectivity index (χ3n) is 6.37. The molecule has 0 atom stereocenters. The van der Waals surface area contributed by atoms with E-state index in [1.807, 2.05) is 24.3 Å². The first-order valence-electron chi connectivity index (χ1n) is 11.7. The van der Waals surface area contributed by atoms with Crippen molar-refractivity contribution in [1.82, 2.24) is 19.8 Å². The monoisotopic (exact) mass is 479 g/mol. The molecular weight excluding hydrogens is 453 g/mol. The summed E-state index contributed by atoms with van der Waals surface area (Å²) < 4.78 is 21.9. The predicted molar refractivity (Wildman–Crippen MR) is 127 cm³/mol. The van der Waals surface area contributed by atoms with Gasteiger partial charge in [0, 0.05) is 37.7 Å². The maximum atomic E-state index is 14.6. The number of benzene rings is 2. The van der Waals surface area contributed by atoms with Gasteiger partial charge in [-0.25, -0.2) is 4.39 Å². The molecule has 1 amide bonds. The molecule has 35 heavy (non-hydrogen) atoms. The molecule has 0 radical (unpaired) electrons. The maximum Gasteiger partial charge on any atom is 0.414 e. The third-order valence-corrected chi connectivity index (χ3v) is 6.37. The Balaban J connectivity index is 1.20. The molecule has 0 saturated heterocycles. The molecule has 1 N–H and O–H groups in total. The highest BCUT2D eigenvalue weighted by atomic mass is 19.1. The molecule has 0 bridgehead atoms. The van der Waals surface area contributed by atoms with Crippen LogP contribution >= 0.6 is 0 Å². The Labute approximate surface area is 201 Å². The molecule has 5 rings (SSSR count). The molecule has 0 unspecified atom stereocenters. The van der Waals surface area contributed by atoms with Crippen LogP contribution in [0.1, 0.15) is 28.8 Å². The van der Waals surface area contributed by atoms with Gasteiger partial charge in [0.2, 0.25) is 0 Å². The molecule has 9 nitrogen and oxygen atoms in total. The molecule has 182 valence electrons. The lowest BCUT2D eigenvalue weighted by Gasteiger charge is -2.24. The second-order valence-electron chi connectivity index (χ2n) is 9.00. The lowest BCUT2D eigenvalue weighted by atomic mass is 10.0. The molecule has 1 fully saturated rings. The summed E-state index contributed by atoms with van der Waals surface area (Å²) in [7, 11) is 0. The van der Waals surface area contributed by atoms with Gasteiger partial charge in [0.15, 0.2) is 0 Å². The van der Waals surface area contributed by atoms with Gasteiger partial charge >= 0.3 is 11.8 Å². The number of aromatic nitrogens is 2. The highest BCUT2D eigenvalue weighted by Crippen LogP contribution is 2.28. The molecular formula is C25H26FN5O4. The lowest BCUT2D eigenvalue weighted by molar-refractivity contribution is -0.389. The van der Waals surface area contributed by atoms with Crippen LogP contribution in [0.15, 0.2) is 48.7 Å². The molecule has 1 saturated carbocycles. The number of imidazole rings is 1. The first-order valence-corrected chi connectivity index (χ1v) is 11.7. The summed E-state index contributed by atoms with van der Waals surface area (Å²) in [5.74, 6) is -0.575. The third kappa shape index (κ3) is 5.48. The summed E-state index contributed by atoms with van der Waals surface area (Å²) in [5.41, 5.74) is 2.73. The van der Waals surface area contributed by atoms with E-state index in [-0.39, 0.29) is 23.3 Å². The van der Waals surface area contributed by atoms with Crippen LogP contribution in [0.2, 0.25) is 0 Å². The van der Waals surface area contributed by atoms with E-state index in [4.69, 9.17) is 4.74 Å². The van der Waals surface area contributed by atoms with Crippen LogP contribution in [0.3, 0.4) is 0 Å². The molecule has 1 aliphatic heterocycles. The number of amides is 1. The molecule has 1 aromatic heterocycles. The minimum absolute atomic E-state index is 0.0664. The van der Waals surface area contributed by atoms with Gasteiger partial charge < -0.3 is 20.2 Å². The van der Waals surface area contributed by atoms with Crippen molar-refractivity contribution < 1.29 is 18.8 Å². The summed E-state index contributed by atoms with van der Waals surface area (Å²) in [4.78, 5) is 28.8. The maximum absolute atomic E-state index is 14.6. The first-order chi connectivity index (χ1) is 17.0. The highest BCUT2D eigenvalue weighted by molar-refractivity contribution is 5.95. The average Bonchev–Trinajstić information content (AvgIpc) is 3.59. The zero-order valence-electron chi connectivity index (χ0n) is 19.2. The normalized spacial score (nSPS) is 16.0. The van der Waals surface area contributed by atoms with Crippen LogP contribution in [0.5, 0.6) is 6.01 Å². The van der Waals surface area contributed by atoms with Crippen LogP contribution < -0.4 is 10.1 Å². The number of carbonyl (C=O) groups excluding carboxylic acids is 1. The average molecular weight is 480 g/mol. The molecule has 2 aromatic carbocycles. The number of hydrogen-bond donors (Lipinski definition) is 1. The van der Waals surface area contributed by atoms with Crippen molar-refractivity contribution in [3.8, 4) is 17.1 Å². The zero-order valence-corrected chi connectivity index (χ0v) is 19.2. The molecule has 0 spiro atoms. The fourth-order valence-corrected chi connectivity index (χ4v) is 4.13. The number of halogens is 1. The zero-order chi connectivity index (χ0) is 24.4. The predicted octanol–water partition coefficient (Wildman–Crippen LogP) is 3.63. The molecule has 2 heterocycles. The number of nitro groups is 1. The fraction of sp³-hybridized carbons (Fsp3) is 0.360. The van der Waals surface area contributed by atoms with E-state index >= 15 is 0 Å². The summed E-state index contributed by atoms with van der Waals surface area (Å²) >= 11 is 0. The van der Waals surface area contributed by atoms with Crippen molar-refractivity contribution >= 4 is 11.7 Å². The van der Waals surface area contributed by atoms with E-state index in [0.29, 0.717) is 50.8 Å². The number of rotatable bonds is 7. The van der Waals surface area contributed by atoms with Crippen molar-refractivity contribution in [2.24, 2.45) is 5.92 Å². The number of hydrogen-bond acceptors (Lipinski definition) is 6.